The van der Waals surface area contributed by atoms with Crippen molar-refractivity contribution in [1.29, 1.82) is 0 Å². The summed E-state index contributed by atoms with van der Waals surface area (Å²) >= 11 is 0. The molecule has 20 heavy (non-hydrogen) atoms. The molecule has 2 heteroatoms. The highest BCUT2D eigenvalue weighted by atomic mass is 16.3. The number of phenols is 1. The summed E-state index contributed by atoms with van der Waals surface area (Å²) in [6.07, 6.45) is 8.88. The van der Waals surface area contributed by atoms with E-state index < -0.39 is 0 Å². The van der Waals surface area contributed by atoms with Gasteiger partial charge in [0.2, 0.25) is 0 Å². The average molecular weight is 273 g/mol. The lowest BCUT2D eigenvalue weighted by molar-refractivity contribution is 0.185. The van der Waals surface area contributed by atoms with Crippen LogP contribution in [0.25, 0.3) is 0 Å². The quantitative estimate of drug-likeness (QED) is 0.840. The second kappa shape index (κ2) is 5.40. The molecular formula is C18H27NO. The first-order chi connectivity index (χ1) is 9.53. The predicted molar refractivity (Wildman–Crippen MR) is 83.0 cm³/mol. The minimum atomic E-state index is 0.406. The number of fused-ring (bicyclic) bond motifs is 1. The molecule has 0 radical (unpaired) electrons. The first kappa shape index (κ1) is 13.9. The maximum absolute atomic E-state index is 9.64. The van der Waals surface area contributed by atoms with Gasteiger partial charge >= 0.3 is 0 Å². The Morgan fingerprint density at radius 2 is 2.05 bits per heavy atom. The normalized spacial score (nSPS) is 28.9. The molecule has 1 aromatic carbocycles. The number of aromatic hydroxyl groups is 1. The van der Waals surface area contributed by atoms with Crippen molar-refractivity contribution in [3.05, 3.63) is 29.3 Å². The molecule has 0 bridgehead atoms. The molecule has 1 aromatic rings. The first-order valence-electron chi connectivity index (χ1n) is 8.11. The maximum atomic E-state index is 9.64. The van der Waals surface area contributed by atoms with Crippen LogP contribution < -0.4 is 5.32 Å². The molecule has 1 saturated carbocycles. The molecule has 2 unspecified atom stereocenters. The first-order valence-corrected chi connectivity index (χ1v) is 8.11. The van der Waals surface area contributed by atoms with Gasteiger partial charge in [-0.15, -0.1) is 0 Å². The summed E-state index contributed by atoms with van der Waals surface area (Å²) in [5.74, 6) is 0.406. The lowest BCUT2D eigenvalue weighted by Crippen LogP contribution is -2.40. The number of benzene rings is 1. The lowest BCUT2D eigenvalue weighted by atomic mass is 9.74. The summed E-state index contributed by atoms with van der Waals surface area (Å²) in [5, 5.41) is 13.6. The summed E-state index contributed by atoms with van der Waals surface area (Å²) < 4.78 is 0. The molecule has 2 atom stereocenters. The molecule has 1 fully saturated rings. The van der Waals surface area contributed by atoms with Crippen molar-refractivity contribution in [2.45, 2.75) is 70.9 Å². The number of hydrogen-bond acceptors (Lipinski definition) is 2. The van der Waals surface area contributed by atoms with Crippen molar-refractivity contribution in [2.75, 3.05) is 0 Å². The van der Waals surface area contributed by atoms with Crippen LogP contribution in [-0.2, 0) is 6.42 Å². The summed E-state index contributed by atoms with van der Waals surface area (Å²) in [7, 11) is 0. The van der Waals surface area contributed by atoms with E-state index in [9.17, 15) is 5.11 Å². The Morgan fingerprint density at radius 3 is 2.85 bits per heavy atom. The average Bonchev–Trinajstić information content (AvgIpc) is 2.37. The Labute approximate surface area is 122 Å². The van der Waals surface area contributed by atoms with Crippen molar-refractivity contribution < 1.29 is 5.11 Å². The number of phenolic OH excluding ortho intramolecular Hbond substituents is 1. The van der Waals surface area contributed by atoms with Crippen molar-refractivity contribution in [3.8, 4) is 5.75 Å². The Kier molecular flexibility index (Phi) is 3.76. The second-order valence-corrected chi connectivity index (χ2v) is 7.45. The van der Waals surface area contributed by atoms with Crippen molar-refractivity contribution in [2.24, 2.45) is 5.41 Å². The fourth-order valence-corrected chi connectivity index (χ4v) is 4.10. The molecular weight excluding hydrogens is 246 g/mol. The summed E-state index contributed by atoms with van der Waals surface area (Å²) in [5.41, 5.74) is 3.24. The molecule has 2 aliphatic carbocycles. The van der Waals surface area contributed by atoms with Crippen molar-refractivity contribution >= 4 is 0 Å². The van der Waals surface area contributed by atoms with Gasteiger partial charge in [0.15, 0.2) is 0 Å². The summed E-state index contributed by atoms with van der Waals surface area (Å²) in [4.78, 5) is 0. The third-order valence-electron chi connectivity index (χ3n) is 5.08. The molecule has 0 spiro atoms. The Morgan fingerprint density at radius 1 is 1.20 bits per heavy atom. The van der Waals surface area contributed by atoms with Crippen molar-refractivity contribution in [1.82, 2.24) is 5.32 Å². The van der Waals surface area contributed by atoms with Crippen LogP contribution in [0.1, 0.15) is 69.5 Å². The van der Waals surface area contributed by atoms with E-state index in [-0.39, 0.29) is 0 Å². The van der Waals surface area contributed by atoms with E-state index in [2.05, 4.69) is 25.2 Å². The van der Waals surface area contributed by atoms with Gasteiger partial charge in [-0.1, -0.05) is 26.3 Å². The third-order valence-corrected chi connectivity index (χ3v) is 5.08. The largest absolute Gasteiger partial charge is 0.508 e. The zero-order chi connectivity index (χ0) is 14.2. The standard InChI is InChI=1S/C18H27NO/c1-18(2)10-4-6-14(12-18)19-17-7-3-5-13-11-15(20)8-9-16(13)17/h8-9,11,14,17,19-20H,3-7,10,12H2,1-2H3. The highest BCUT2D eigenvalue weighted by molar-refractivity contribution is 5.38. The van der Waals surface area contributed by atoms with E-state index in [0.717, 1.165) is 6.42 Å². The van der Waals surface area contributed by atoms with Crippen LogP contribution >= 0.6 is 0 Å². The van der Waals surface area contributed by atoms with E-state index in [1.807, 2.05) is 12.1 Å². The number of hydrogen-bond donors (Lipinski definition) is 2. The summed E-state index contributed by atoms with van der Waals surface area (Å²) in [6, 6.07) is 7.05. The van der Waals surface area contributed by atoms with E-state index in [4.69, 9.17) is 0 Å². The minimum Gasteiger partial charge on any atom is -0.508 e. The monoisotopic (exact) mass is 273 g/mol. The Bertz CT molecular complexity index is 480. The smallest absolute Gasteiger partial charge is 0.115 e. The molecule has 2 N–H and O–H groups in total. The van der Waals surface area contributed by atoms with Gasteiger partial charge < -0.3 is 10.4 Å². The van der Waals surface area contributed by atoms with E-state index in [1.54, 1.807) is 0 Å². The van der Waals surface area contributed by atoms with Crippen LogP contribution in [0.5, 0.6) is 5.75 Å². The molecule has 0 aromatic heterocycles. The van der Waals surface area contributed by atoms with Crippen LogP contribution in [0, 0.1) is 5.41 Å². The van der Waals surface area contributed by atoms with Crippen LogP contribution in [0.15, 0.2) is 18.2 Å². The van der Waals surface area contributed by atoms with Crippen molar-refractivity contribution in [3.63, 3.8) is 0 Å². The highest BCUT2D eigenvalue weighted by Crippen LogP contribution is 2.38. The molecule has 0 aliphatic heterocycles. The molecule has 3 rings (SSSR count). The number of rotatable bonds is 2. The van der Waals surface area contributed by atoms with Gasteiger partial charge in [-0.05, 0) is 67.2 Å². The van der Waals surface area contributed by atoms with E-state index >= 15 is 0 Å². The molecule has 110 valence electrons. The number of nitrogens with one attached hydrogen (secondary N) is 1. The summed E-state index contributed by atoms with van der Waals surface area (Å²) in [6.45, 7) is 4.79. The predicted octanol–water partition coefficient (Wildman–Crippen LogP) is 4.33. The molecule has 2 aliphatic rings. The van der Waals surface area contributed by atoms with Crippen LogP contribution in [0.4, 0.5) is 0 Å². The van der Waals surface area contributed by atoms with Gasteiger partial charge in [0, 0.05) is 12.1 Å². The van der Waals surface area contributed by atoms with E-state index in [0.29, 0.717) is 23.2 Å². The van der Waals surface area contributed by atoms with Gasteiger partial charge in [-0.2, -0.15) is 0 Å². The van der Waals surface area contributed by atoms with Gasteiger partial charge in [0.1, 0.15) is 5.75 Å². The van der Waals surface area contributed by atoms with Crippen LogP contribution in [-0.4, -0.2) is 11.1 Å². The van der Waals surface area contributed by atoms with Gasteiger partial charge in [0.25, 0.3) is 0 Å². The van der Waals surface area contributed by atoms with E-state index in [1.165, 1.54) is 49.7 Å². The zero-order valence-corrected chi connectivity index (χ0v) is 12.8. The molecule has 0 heterocycles. The fraction of sp³-hybridized carbons (Fsp3) is 0.667. The van der Waals surface area contributed by atoms with Crippen LogP contribution in [0.3, 0.4) is 0 Å². The topological polar surface area (TPSA) is 32.3 Å². The van der Waals surface area contributed by atoms with Gasteiger partial charge in [-0.3, -0.25) is 0 Å². The van der Waals surface area contributed by atoms with Crippen LogP contribution in [0.2, 0.25) is 0 Å². The zero-order valence-electron chi connectivity index (χ0n) is 12.8. The lowest BCUT2D eigenvalue weighted by Gasteiger charge is -2.39. The van der Waals surface area contributed by atoms with Gasteiger partial charge in [-0.25, -0.2) is 0 Å². The third kappa shape index (κ3) is 3.01. The Balaban J connectivity index is 1.73. The maximum Gasteiger partial charge on any atom is 0.115 e. The minimum absolute atomic E-state index is 0.406. The fourth-order valence-electron chi connectivity index (χ4n) is 4.10. The Hall–Kier alpha value is -1.02. The SMILES string of the molecule is CC1(C)CCCC(NC2CCCc3cc(O)ccc32)C1. The number of aryl methyl sites for hydroxylation is 1. The highest BCUT2D eigenvalue weighted by Gasteiger charge is 2.30. The molecule has 2 nitrogen and oxygen atoms in total. The van der Waals surface area contributed by atoms with Gasteiger partial charge in [0.05, 0.1) is 0 Å². The second-order valence-electron chi connectivity index (χ2n) is 7.45. The molecule has 0 saturated heterocycles. The molecule has 0 amide bonds.